The van der Waals surface area contributed by atoms with Crippen molar-refractivity contribution in [2.24, 2.45) is 5.41 Å². The minimum absolute atomic E-state index is 0.0803. The first-order valence-electron chi connectivity index (χ1n) is 8.11. The fourth-order valence-electron chi connectivity index (χ4n) is 2.92. The molecular weight excluding hydrogens is 308 g/mol. The first-order valence-corrected chi connectivity index (χ1v) is 8.99. The van der Waals surface area contributed by atoms with Crippen molar-refractivity contribution in [1.29, 1.82) is 0 Å². The third-order valence-corrected chi connectivity index (χ3v) is 5.24. The van der Waals surface area contributed by atoms with Gasteiger partial charge in [-0.25, -0.2) is 9.78 Å². The number of carbonyl (C=O) groups is 1. The molecule has 0 atom stereocenters. The fraction of sp³-hybridized carbons (Fsp3) is 0.444. The lowest BCUT2D eigenvalue weighted by molar-refractivity contribution is 0.0275. The number of ether oxygens (including phenoxy) is 1. The van der Waals surface area contributed by atoms with E-state index in [1.807, 2.05) is 25.1 Å². The molecule has 0 spiro atoms. The maximum Gasteiger partial charge on any atom is 0.407 e. The van der Waals surface area contributed by atoms with E-state index in [0.29, 0.717) is 13.2 Å². The minimum atomic E-state index is -0.317. The molecule has 1 aliphatic rings. The molecule has 1 saturated carbocycles. The number of benzene rings is 1. The van der Waals surface area contributed by atoms with Crippen molar-refractivity contribution in [2.75, 3.05) is 13.2 Å². The van der Waals surface area contributed by atoms with Gasteiger partial charge in [0, 0.05) is 29.3 Å². The predicted molar refractivity (Wildman–Crippen MR) is 92.6 cm³/mol. The number of nitrogens with one attached hydrogen (secondary N) is 1. The van der Waals surface area contributed by atoms with Gasteiger partial charge < -0.3 is 10.1 Å². The van der Waals surface area contributed by atoms with E-state index < -0.39 is 0 Å². The number of amides is 1. The second-order valence-electron chi connectivity index (χ2n) is 6.13. The minimum Gasteiger partial charge on any atom is -0.449 e. The van der Waals surface area contributed by atoms with Crippen LogP contribution in [0.2, 0.25) is 0 Å². The molecule has 1 N–H and O–H groups in total. The van der Waals surface area contributed by atoms with Gasteiger partial charge >= 0.3 is 6.09 Å². The Hall–Kier alpha value is -1.88. The zero-order valence-electron chi connectivity index (χ0n) is 13.4. The summed E-state index contributed by atoms with van der Waals surface area (Å²) in [4.78, 5) is 16.3. The monoisotopic (exact) mass is 330 g/mol. The largest absolute Gasteiger partial charge is 0.449 e. The molecule has 1 aromatic heterocycles. The predicted octanol–water partition coefficient (Wildman–Crippen LogP) is 4.27. The van der Waals surface area contributed by atoms with Crippen LogP contribution in [0, 0.1) is 5.41 Å². The number of nitrogens with zero attached hydrogens (tertiary/aromatic N) is 1. The fourth-order valence-corrected chi connectivity index (χ4v) is 3.89. The number of rotatable bonds is 6. The second-order valence-corrected chi connectivity index (χ2v) is 7.07. The molecule has 1 amide bonds. The first kappa shape index (κ1) is 16.0. The maximum atomic E-state index is 11.5. The van der Waals surface area contributed by atoms with Crippen molar-refractivity contribution in [2.45, 2.75) is 32.6 Å². The molecule has 4 nitrogen and oxygen atoms in total. The molecule has 1 fully saturated rings. The molecular formula is C18H22N2O2S. The van der Waals surface area contributed by atoms with Crippen LogP contribution in [0.4, 0.5) is 4.79 Å². The van der Waals surface area contributed by atoms with Crippen molar-refractivity contribution >= 4 is 17.4 Å². The summed E-state index contributed by atoms with van der Waals surface area (Å²) in [6, 6.07) is 10.2. The van der Waals surface area contributed by atoms with Gasteiger partial charge in [-0.05, 0) is 19.8 Å². The van der Waals surface area contributed by atoms with Gasteiger partial charge in [-0.15, -0.1) is 11.3 Å². The van der Waals surface area contributed by atoms with Crippen LogP contribution in [0.15, 0.2) is 35.7 Å². The van der Waals surface area contributed by atoms with Gasteiger partial charge in [0.15, 0.2) is 0 Å². The molecule has 0 unspecified atom stereocenters. The molecule has 1 aromatic carbocycles. The highest BCUT2D eigenvalue weighted by molar-refractivity contribution is 7.09. The van der Waals surface area contributed by atoms with Gasteiger partial charge in [-0.2, -0.15) is 0 Å². The summed E-state index contributed by atoms with van der Waals surface area (Å²) in [7, 11) is 0. The summed E-state index contributed by atoms with van der Waals surface area (Å²) in [5.74, 6) is 0. The van der Waals surface area contributed by atoms with Crippen molar-refractivity contribution in [3.8, 4) is 11.3 Å². The molecule has 0 radical (unpaired) electrons. The van der Waals surface area contributed by atoms with Gasteiger partial charge in [0.1, 0.15) is 0 Å². The van der Waals surface area contributed by atoms with Crippen molar-refractivity contribution in [3.63, 3.8) is 0 Å². The Morgan fingerprint density at radius 3 is 2.78 bits per heavy atom. The topological polar surface area (TPSA) is 51.2 Å². The lowest BCUT2D eigenvalue weighted by Gasteiger charge is -2.40. The molecule has 1 aliphatic carbocycles. The van der Waals surface area contributed by atoms with Crippen LogP contribution in [-0.2, 0) is 11.2 Å². The lowest BCUT2D eigenvalue weighted by atomic mass is 9.67. The summed E-state index contributed by atoms with van der Waals surface area (Å²) in [5.41, 5.74) is 2.26. The number of carbonyl (C=O) groups excluding carboxylic acids is 1. The van der Waals surface area contributed by atoms with E-state index >= 15 is 0 Å². The Bertz CT molecular complexity index is 650. The molecule has 0 aliphatic heterocycles. The third-order valence-electron chi connectivity index (χ3n) is 4.39. The van der Waals surface area contributed by atoms with Crippen molar-refractivity contribution < 1.29 is 9.53 Å². The average Bonchev–Trinajstić information content (AvgIpc) is 2.99. The molecule has 23 heavy (non-hydrogen) atoms. The van der Waals surface area contributed by atoms with Crippen LogP contribution in [0.25, 0.3) is 11.3 Å². The molecule has 5 heteroatoms. The highest BCUT2D eigenvalue weighted by atomic mass is 32.1. The normalized spacial score (nSPS) is 15.7. The van der Waals surface area contributed by atoms with Crippen molar-refractivity contribution in [3.05, 3.63) is 40.7 Å². The number of hydrogen-bond donors (Lipinski definition) is 1. The van der Waals surface area contributed by atoms with E-state index in [4.69, 9.17) is 9.72 Å². The Morgan fingerprint density at radius 1 is 1.35 bits per heavy atom. The highest BCUT2D eigenvalue weighted by Crippen LogP contribution is 2.44. The van der Waals surface area contributed by atoms with Crippen LogP contribution >= 0.6 is 11.3 Å². The molecule has 1 heterocycles. The number of hydrogen-bond acceptors (Lipinski definition) is 4. The Labute approximate surface area is 140 Å². The van der Waals surface area contributed by atoms with E-state index in [-0.39, 0.29) is 11.5 Å². The average molecular weight is 330 g/mol. The highest BCUT2D eigenvalue weighted by Gasteiger charge is 2.39. The summed E-state index contributed by atoms with van der Waals surface area (Å²) >= 11 is 1.70. The zero-order chi connectivity index (χ0) is 16.1. The zero-order valence-corrected chi connectivity index (χ0v) is 14.2. The van der Waals surface area contributed by atoms with Crippen LogP contribution < -0.4 is 5.32 Å². The van der Waals surface area contributed by atoms with E-state index in [2.05, 4.69) is 22.8 Å². The van der Waals surface area contributed by atoms with Gasteiger partial charge in [-0.1, -0.05) is 36.8 Å². The Balaban J connectivity index is 1.63. The number of aromatic nitrogens is 1. The van der Waals surface area contributed by atoms with Crippen LogP contribution in [0.3, 0.4) is 0 Å². The lowest BCUT2D eigenvalue weighted by Crippen LogP contribution is -2.39. The van der Waals surface area contributed by atoms with Gasteiger partial charge in [-0.3, -0.25) is 0 Å². The van der Waals surface area contributed by atoms with E-state index in [9.17, 15) is 4.79 Å². The van der Waals surface area contributed by atoms with Gasteiger partial charge in [0.05, 0.1) is 17.3 Å². The van der Waals surface area contributed by atoms with Crippen LogP contribution in [0.5, 0.6) is 0 Å². The maximum absolute atomic E-state index is 11.5. The smallest absolute Gasteiger partial charge is 0.407 e. The molecule has 3 rings (SSSR count). The quantitative estimate of drug-likeness (QED) is 0.860. The van der Waals surface area contributed by atoms with E-state index in [0.717, 1.165) is 35.5 Å². The standard InChI is InChI=1S/C18H22N2O2S/c1-2-19-17(21)22-13-18(9-6-10-18)11-16-20-15(12-23-16)14-7-4-3-5-8-14/h3-5,7-8,12H,2,6,9-11,13H2,1H3,(H,19,21). The third kappa shape index (κ3) is 3.91. The van der Waals surface area contributed by atoms with Crippen LogP contribution in [-0.4, -0.2) is 24.2 Å². The summed E-state index contributed by atoms with van der Waals surface area (Å²) < 4.78 is 5.38. The SMILES string of the molecule is CCNC(=O)OCC1(Cc2nc(-c3ccccc3)cs2)CCC1. The molecule has 2 aromatic rings. The summed E-state index contributed by atoms with van der Waals surface area (Å²) in [5, 5.41) is 5.92. The number of thiazole rings is 1. The van der Waals surface area contributed by atoms with Crippen LogP contribution in [0.1, 0.15) is 31.2 Å². The second kappa shape index (κ2) is 7.13. The van der Waals surface area contributed by atoms with Crippen molar-refractivity contribution in [1.82, 2.24) is 10.3 Å². The van der Waals surface area contributed by atoms with Gasteiger partial charge in [0.2, 0.25) is 0 Å². The molecule has 122 valence electrons. The molecule has 0 bridgehead atoms. The summed E-state index contributed by atoms with van der Waals surface area (Å²) in [6.07, 6.45) is 3.99. The first-order chi connectivity index (χ1) is 11.2. The summed E-state index contributed by atoms with van der Waals surface area (Å²) in [6.45, 7) is 2.97. The van der Waals surface area contributed by atoms with E-state index in [1.165, 1.54) is 6.42 Å². The van der Waals surface area contributed by atoms with E-state index in [1.54, 1.807) is 11.3 Å². The Kier molecular flexibility index (Phi) is 4.96. The molecule has 0 saturated heterocycles. The van der Waals surface area contributed by atoms with Gasteiger partial charge in [0.25, 0.3) is 0 Å². The Morgan fingerprint density at radius 2 is 2.13 bits per heavy atom. The number of alkyl carbamates (subject to hydrolysis) is 1.